The number of methoxy groups -OCH3 is 1. The molecule has 0 heterocycles. The van der Waals surface area contributed by atoms with Gasteiger partial charge in [0.05, 0.1) is 6.10 Å². The van der Waals surface area contributed by atoms with Crippen molar-refractivity contribution in [3.05, 3.63) is 24.3 Å². The van der Waals surface area contributed by atoms with Gasteiger partial charge in [-0.3, -0.25) is 4.79 Å². The van der Waals surface area contributed by atoms with E-state index in [2.05, 4.69) is 12.2 Å². The van der Waals surface area contributed by atoms with Gasteiger partial charge in [0, 0.05) is 12.8 Å². The van der Waals surface area contributed by atoms with Crippen LogP contribution in [-0.4, -0.2) is 24.7 Å². The predicted molar refractivity (Wildman–Crippen MR) is 81.2 cm³/mol. The number of amides is 1. The molecule has 4 nitrogen and oxygen atoms in total. The number of anilines is 1. The zero-order valence-electron chi connectivity index (χ0n) is 13.0. The third-order valence-corrected chi connectivity index (χ3v) is 3.63. The second-order valence-corrected chi connectivity index (χ2v) is 5.10. The molecular formula is C16H25NO3. The zero-order chi connectivity index (χ0) is 15.2. The van der Waals surface area contributed by atoms with Crippen LogP contribution in [0.3, 0.4) is 0 Å². The van der Waals surface area contributed by atoms with E-state index in [0.29, 0.717) is 6.42 Å². The summed E-state index contributed by atoms with van der Waals surface area (Å²) in [5.41, 5.74) is -0.0606. The lowest BCUT2D eigenvalue weighted by Crippen LogP contribution is -2.41. The van der Waals surface area contributed by atoms with Gasteiger partial charge in [0.2, 0.25) is 0 Å². The zero-order valence-corrected chi connectivity index (χ0v) is 13.0. The van der Waals surface area contributed by atoms with Crippen LogP contribution in [0.2, 0.25) is 0 Å². The summed E-state index contributed by atoms with van der Waals surface area (Å²) in [6.07, 6.45) is 1.76. The van der Waals surface area contributed by atoms with Gasteiger partial charge in [0.15, 0.2) is 0 Å². The molecule has 0 radical (unpaired) electrons. The topological polar surface area (TPSA) is 47.6 Å². The van der Waals surface area contributed by atoms with E-state index >= 15 is 0 Å². The number of ether oxygens (including phenoxy) is 2. The van der Waals surface area contributed by atoms with Crippen molar-refractivity contribution >= 4 is 11.6 Å². The predicted octanol–water partition coefficient (Wildman–Crippen LogP) is 3.62. The Kier molecular flexibility index (Phi) is 6.02. The summed E-state index contributed by atoms with van der Waals surface area (Å²) < 4.78 is 11.0. The van der Waals surface area contributed by atoms with Crippen molar-refractivity contribution < 1.29 is 14.3 Å². The minimum Gasteiger partial charge on any atom is -0.491 e. The smallest absolute Gasteiger partial charge is 0.256 e. The monoisotopic (exact) mass is 279 g/mol. The Morgan fingerprint density at radius 1 is 1.30 bits per heavy atom. The molecule has 0 aromatic heterocycles. The first-order valence-electron chi connectivity index (χ1n) is 7.08. The van der Waals surface area contributed by atoms with Gasteiger partial charge in [-0.1, -0.05) is 13.8 Å². The summed E-state index contributed by atoms with van der Waals surface area (Å²) in [6, 6.07) is 7.39. The molecule has 2 unspecified atom stereocenters. The molecule has 20 heavy (non-hydrogen) atoms. The number of rotatable bonds is 7. The standard InChI is InChI=1S/C16H25NO3/c1-6-12(3)20-14-10-8-13(9-11-14)17-15(18)16(4,7-2)19-5/h8-12H,6-7H2,1-5H3,(H,17,18). The van der Waals surface area contributed by atoms with E-state index in [1.165, 1.54) is 0 Å². The van der Waals surface area contributed by atoms with Gasteiger partial charge in [0.1, 0.15) is 11.4 Å². The normalized spacial score (nSPS) is 15.2. The number of hydrogen-bond acceptors (Lipinski definition) is 3. The van der Waals surface area contributed by atoms with Crippen LogP contribution in [0.25, 0.3) is 0 Å². The molecule has 0 aliphatic heterocycles. The number of nitrogens with one attached hydrogen (secondary N) is 1. The first-order valence-corrected chi connectivity index (χ1v) is 7.08. The van der Waals surface area contributed by atoms with E-state index in [4.69, 9.17) is 9.47 Å². The Labute approximate surface area is 121 Å². The van der Waals surface area contributed by atoms with Crippen molar-refractivity contribution in [1.82, 2.24) is 0 Å². The molecule has 0 saturated carbocycles. The molecule has 0 spiro atoms. The highest BCUT2D eigenvalue weighted by molar-refractivity contribution is 5.97. The number of carbonyl (C=O) groups excluding carboxylic acids is 1. The quantitative estimate of drug-likeness (QED) is 0.829. The highest BCUT2D eigenvalue weighted by Crippen LogP contribution is 2.20. The average Bonchev–Trinajstić information content (AvgIpc) is 2.48. The molecule has 0 aliphatic carbocycles. The summed E-state index contributed by atoms with van der Waals surface area (Å²) in [5.74, 6) is 0.667. The lowest BCUT2D eigenvalue weighted by atomic mass is 10.0. The van der Waals surface area contributed by atoms with Crippen LogP contribution in [0.4, 0.5) is 5.69 Å². The molecule has 0 saturated heterocycles. The van der Waals surface area contributed by atoms with E-state index in [0.717, 1.165) is 17.9 Å². The second-order valence-electron chi connectivity index (χ2n) is 5.10. The highest BCUT2D eigenvalue weighted by atomic mass is 16.5. The Morgan fingerprint density at radius 3 is 2.35 bits per heavy atom. The van der Waals surface area contributed by atoms with Gasteiger partial charge in [-0.05, 0) is 51.0 Å². The molecule has 1 aromatic carbocycles. The molecule has 1 amide bonds. The number of hydrogen-bond donors (Lipinski definition) is 1. The number of benzene rings is 1. The Balaban J connectivity index is 2.68. The third kappa shape index (κ3) is 4.23. The largest absolute Gasteiger partial charge is 0.491 e. The second kappa shape index (κ2) is 7.29. The lowest BCUT2D eigenvalue weighted by molar-refractivity contribution is -0.136. The van der Waals surface area contributed by atoms with Gasteiger partial charge in [-0.25, -0.2) is 0 Å². The molecular weight excluding hydrogens is 254 g/mol. The van der Waals surface area contributed by atoms with Gasteiger partial charge >= 0.3 is 0 Å². The maximum absolute atomic E-state index is 12.1. The first kappa shape index (κ1) is 16.5. The molecule has 2 atom stereocenters. The van der Waals surface area contributed by atoms with Gasteiger partial charge < -0.3 is 14.8 Å². The third-order valence-electron chi connectivity index (χ3n) is 3.63. The maximum Gasteiger partial charge on any atom is 0.256 e. The van der Waals surface area contributed by atoms with Gasteiger partial charge in [0.25, 0.3) is 5.91 Å². The van der Waals surface area contributed by atoms with Crippen molar-refractivity contribution in [3.63, 3.8) is 0 Å². The van der Waals surface area contributed by atoms with Crippen LogP contribution in [0.15, 0.2) is 24.3 Å². The fourth-order valence-corrected chi connectivity index (χ4v) is 1.59. The summed E-state index contributed by atoms with van der Waals surface area (Å²) >= 11 is 0. The Morgan fingerprint density at radius 2 is 1.90 bits per heavy atom. The average molecular weight is 279 g/mol. The fourth-order valence-electron chi connectivity index (χ4n) is 1.59. The van der Waals surface area contributed by atoms with E-state index in [1.54, 1.807) is 14.0 Å². The van der Waals surface area contributed by atoms with Crippen molar-refractivity contribution in [2.24, 2.45) is 0 Å². The summed E-state index contributed by atoms with van der Waals surface area (Å²) in [5, 5.41) is 2.86. The van der Waals surface area contributed by atoms with Gasteiger partial charge in [-0.15, -0.1) is 0 Å². The molecule has 112 valence electrons. The van der Waals surface area contributed by atoms with Crippen LogP contribution in [-0.2, 0) is 9.53 Å². The van der Waals surface area contributed by atoms with E-state index in [9.17, 15) is 4.79 Å². The Hall–Kier alpha value is -1.55. The van der Waals surface area contributed by atoms with E-state index in [-0.39, 0.29) is 12.0 Å². The fraction of sp³-hybridized carbons (Fsp3) is 0.562. The number of carbonyl (C=O) groups is 1. The van der Waals surface area contributed by atoms with Crippen molar-refractivity contribution in [1.29, 1.82) is 0 Å². The summed E-state index contributed by atoms with van der Waals surface area (Å²) in [6.45, 7) is 7.81. The first-order chi connectivity index (χ1) is 9.45. The highest BCUT2D eigenvalue weighted by Gasteiger charge is 2.30. The lowest BCUT2D eigenvalue weighted by Gasteiger charge is -2.25. The Bertz CT molecular complexity index is 424. The van der Waals surface area contributed by atoms with Crippen molar-refractivity contribution in [2.75, 3.05) is 12.4 Å². The van der Waals surface area contributed by atoms with Crippen LogP contribution in [0.1, 0.15) is 40.5 Å². The minimum atomic E-state index is -0.800. The molecule has 0 fully saturated rings. The molecule has 0 bridgehead atoms. The maximum atomic E-state index is 12.1. The van der Waals surface area contributed by atoms with Crippen LogP contribution in [0, 0.1) is 0 Å². The molecule has 1 rings (SSSR count). The van der Waals surface area contributed by atoms with E-state index in [1.807, 2.05) is 38.1 Å². The SMILES string of the molecule is CCC(C)Oc1ccc(NC(=O)C(C)(CC)OC)cc1. The molecule has 1 aromatic rings. The summed E-state index contributed by atoms with van der Waals surface area (Å²) in [7, 11) is 1.55. The van der Waals surface area contributed by atoms with Crippen molar-refractivity contribution in [3.8, 4) is 5.75 Å². The van der Waals surface area contributed by atoms with E-state index < -0.39 is 5.60 Å². The van der Waals surface area contributed by atoms with Crippen LogP contribution >= 0.6 is 0 Å². The van der Waals surface area contributed by atoms with Gasteiger partial charge in [-0.2, -0.15) is 0 Å². The van der Waals surface area contributed by atoms with Crippen LogP contribution < -0.4 is 10.1 Å². The minimum absolute atomic E-state index is 0.141. The van der Waals surface area contributed by atoms with Crippen LogP contribution in [0.5, 0.6) is 5.75 Å². The van der Waals surface area contributed by atoms with Crippen molar-refractivity contribution in [2.45, 2.75) is 52.2 Å². The molecule has 1 N–H and O–H groups in total. The molecule has 0 aliphatic rings. The molecule has 4 heteroatoms. The summed E-state index contributed by atoms with van der Waals surface area (Å²) in [4.78, 5) is 12.1.